The maximum absolute atomic E-state index is 13.4. The van der Waals surface area contributed by atoms with Crippen molar-refractivity contribution >= 4 is 34.0 Å². The number of alkyl halides is 3. The minimum absolute atomic E-state index is 0.132. The number of benzene rings is 1. The smallest absolute Gasteiger partial charge is 0.316 e. The fraction of sp³-hybridized carbons (Fsp3) is 0.304. The quantitative estimate of drug-likeness (QED) is 0.355. The summed E-state index contributed by atoms with van der Waals surface area (Å²) in [5.41, 5.74) is 1.08. The first-order valence-corrected chi connectivity index (χ1v) is 12.0. The van der Waals surface area contributed by atoms with Crippen molar-refractivity contribution in [1.29, 1.82) is 5.26 Å². The van der Waals surface area contributed by atoms with Gasteiger partial charge in [0.25, 0.3) is 0 Å². The molecule has 0 spiro atoms. The molecule has 5 nitrogen and oxygen atoms in total. The van der Waals surface area contributed by atoms with E-state index < -0.39 is 17.8 Å². The lowest BCUT2D eigenvalue weighted by atomic mass is 9.89. The third-order valence-electron chi connectivity index (χ3n) is 5.27. The Morgan fingerprint density at radius 2 is 2.06 bits per heavy atom. The van der Waals surface area contributed by atoms with Gasteiger partial charge < -0.3 is 5.32 Å². The number of nitriles is 1. The Kier molecular flexibility index (Phi) is 6.72. The van der Waals surface area contributed by atoms with Gasteiger partial charge in [0, 0.05) is 10.4 Å². The van der Waals surface area contributed by atoms with E-state index in [9.17, 15) is 23.2 Å². The topological polar surface area (TPSA) is 78.7 Å². The summed E-state index contributed by atoms with van der Waals surface area (Å²) in [7, 11) is 0. The fourth-order valence-electron chi connectivity index (χ4n) is 3.64. The van der Waals surface area contributed by atoms with E-state index in [0.29, 0.717) is 22.0 Å². The first-order chi connectivity index (χ1) is 15.7. The highest BCUT2D eigenvalue weighted by molar-refractivity contribution is 7.99. The van der Waals surface area contributed by atoms with Gasteiger partial charge in [-0.3, -0.25) is 4.79 Å². The predicted molar refractivity (Wildman–Crippen MR) is 122 cm³/mol. The molecule has 0 aliphatic heterocycles. The van der Waals surface area contributed by atoms with E-state index in [1.807, 2.05) is 0 Å². The van der Waals surface area contributed by atoms with Crippen LogP contribution in [0.1, 0.15) is 35.0 Å². The van der Waals surface area contributed by atoms with Gasteiger partial charge in [-0.15, -0.1) is 11.3 Å². The Labute approximate surface area is 197 Å². The molecule has 1 amide bonds. The number of nitrogens with one attached hydrogen (secondary N) is 1. The van der Waals surface area contributed by atoms with Crippen LogP contribution in [0.4, 0.5) is 18.2 Å². The summed E-state index contributed by atoms with van der Waals surface area (Å²) >= 11 is 2.23. The summed E-state index contributed by atoms with van der Waals surface area (Å²) in [6.07, 6.45) is -1.96. The van der Waals surface area contributed by atoms with Gasteiger partial charge in [-0.05, 0) is 36.8 Å². The number of hydrogen-bond acceptors (Lipinski definition) is 6. The Balaban J connectivity index is 1.51. The maximum atomic E-state index is 13.4. The average molecular weight is 489 g/mol. The highest BCUT2D eigenvalue weighted by atomic mass is 32.2. The second-order valence-electron chi connectivity index (χ2n) is 7.79. The lowest BCUT2D eigenvalue weighted by Crippen LogP contribution is -2.15. The van der Waals surface area contributed by atoms with Gasteiger partial charge in [0.15, 0.2) is 5.16 Å². The molecule has 2 heterocycles. The SMILES string of the molecule is C[C@H]1CCc2c(sc(NC(=O)CSc3nc(-c4ccccc4)cc(C(F)(F)F)n3)c2C#N)C1. The first-order valence-electron chi connectivity index (χ1n) is 10.2. The molecule has 10 heteroatoms. The van der Waals surface area contributed by atoms with Crippen molar-refractivity contribution in [3.8, 4) is 17.3 Å². The zero-order chi connectivity index (χ0) is 23.6. The van der Waals surface area contributed by atoms with Gasteiger partial charge in [0.1, 0.15) is 16.8 Å². The number of thioether (sulfide) groups is 1. The third-order valence-corrected chi connectivity index (χ3v) is 7.29. The van der Waals surface area contributed by atoms with Crippen molar-refractivity contribution in [3.63, 3.8) is 0 Å². The monoisotopic (exact) mass is 488 g/mol. The minimum Gasteiger partial charge on any atom is -0.316 e. The van der Waals surface area contributed by atoms with Gasteiger partial charge in [0.2, 0.25) is 5.91 Å². The van der Waals surface area contributed by atoms with Crippen LogP contribution in [-0.4, -0.2) is 21.6 Å². The number of anilines is 1. The number of carbonyl (C=O) groups is 1. The van der Waals surface area contributed by atoms with Gasteiger partial charge in [-0.25, -0.2) is 9.97 Å². The van der Waals surface area contributed by atoms with Gasteiger partial charge in [0.05, 0.1) is 17.0 Å². The molecule has 1 atom stereocenters. The summed E-state index contributed by atoms with van der Waals surface area (Å²) < 4.78 is 40.1. The van der Waals surface area contributed by atoms with Crippen molar-refractivity contribution < 1.29 is 18.0 Å². The molecule has 0 fully saturated rings. The zero-order valence-electron chi connectivity index (χ0n) is 17.6. The largest absolute Gasteiger partial charge is 0.433 e. The molecule has 0 saturated heterocycles. The van der Waals surface area contributed by atoms with E-state index >= 15 is 0 Å². The molecule has 3 aromatic rings. The Hall–Kier alpha value is -2.90. The number of aromatic nitrogens is 2. The van der Waals surface area contributed by atoms with Crippen molar-refractivity contribution in [1.82, 2.24) is 9.97 Å². The molecule has 1 aliphatic rings. The van der Waals surface area contributed by atoms with Crippen LogP contribution in [0.5, 0.6) is 0 Å². The number of thiophene rings is 1. The number of halogens is 3. The Bertz CT molecular complexity index is 1220. The number of hydrogen-bond donors (Lipinski definition) is 1. The van der Waals surface area contributed by atoms with E-state index in [0.717, 1.165) is 47.5 Å². The van der Waals surface area contributed by atoms with E-state index in [-0.39, 0.29) is 16.6 Å². The van der Waals surface area contributed by atoms with Crippen LogP contribution in [0.15, 0.2) is 41.6 Å². The normalized spacial score (nSPS) is 15.5. The highest BCUT2D eigenvalue weighted by Crippen LogP contribution is 2.39. The molecule has 0 unspecified atom stereocenters. The van der Waals surface area contributed by atoms with Gasteiger partial charge >= 0.3 is 6.18 Å². The number of rotatable bonds is 5. The summed E-state index contributed by atoms with van der Waals surface area (Å²) in [6, 6.07) is 11.6. The lowest BCUT2D eigenvalue weighted by Gasteiger charge is -2.17. The van der Waals surface area contributed by atoms with Gasteiger partial charge in [-0.2, -0.15) is 18.4 Å². The molecule has 0 bridgehead atoms. The molecule has 170 valence electrons. The molecule has 1 N–H and O–H groups in total. The van der Waals surface area contributed by atoms with E-state index in [4.69, 9.17) is 0 Å². The summed E-state index contributed by atoms with van der Waals surface area (Å²) in [5.74, 6) is -0.0802. The molecule has 4 rings (SSSR count). The van der Waals surface area contributed by atoms with E-state index in [1.54, 1.807) is 30.3 Å². The first kappa shape index (κ1) is 23.3. The van der Waals surface area contributed by atoms with Crippen LogP contribution < -0.4 is 5.32 Å². The summed E-state index contributed by atoms with van der Waals surface area (Å²) in [6.45, 7) is 2.16. The standard InChI is InChI=1S/C23H19F3N4OS2/c1-13-7-8-15-16(11-27)21(33-18(15)9-13)30-20(31)12-32-22-28-17(14-5-3-2-4-6-14)10-19(29-22)23(24,25)26/h2-6,10,13H,7-9,12H2,1H3,(H,30,31)/t13-/m0/s1. The van der Waals surface area contributed by atoms with Crippen LogP contribution >= 0.6 is 23.1 Å². The molecule has 2 aromatic heterocycles. The number of carbonyl (C=O) groups excluding carboxylic acids is 1. The van der Waals surface area contributed by atoms with Gasteiger partial charge in [-0.1, -0.05) is 49.0 Å². The van der Waals surface area contributed by atoms with Crippen LogP contribution in [0.2, 0.25) is 0 Å². The van der Waals surface area contributed by atoms with Crippen LogP contribution in [0, 0.1) is 17.2 Å². The molecule has 0 radical (unpaired) electrons. The second kappa shape index (κ2) is 9.53. The average Bonchev–Trinajstić information content (AvgIpc) is 3.13. The fourth-order valence-corrected chi connectivity index (χ4v) is 5.68. The molecular formula is C23H19F3N4OS2. The third kappa shape index (κ3) is 5.37. The minimum atomic E-state index is -4.64. The van der Waals surface area contributed by atoms with Crippen molar-refractivity contribution in [3.05, 3.63) is 58.1 Å². The molecule has 1 aliphatic carbocycles. The summed E-state index contributed by atoms with van der Waals surface area (Å²) in [4.78, 5) is 21.5. The predicted octanol–water partition coefficient (Wildman–Crippen LogP) is 5.95. The second-order valence-corrected chi connectivity index (χ2v) is 9.84. The number of fused-ring (bicyclic) bond motifs is 1. The van der Waals surface area contributed by atoms with Crippen LogP contribution in [0.3, 0.4) is 0 Å². The number of amides is 1. The zero-order valence-corrected chi connectivity index (χ0v) is 19.2. The Morgan fingerprint density at radius 3 is 2.76 bits per heavy atom. The summed E-state index contributed by atoms with van der Waals surface area (Å²) in [5, 5.41) is 12.7. The lowest BCUT2D eigenvalue weighted by molar-refractivity contribution is -0.141. The molecule has 33 heavy (non-hydrogen) atoms. The van der Waals surface area contributed by atoms with Crippen LogP contribution in [-0.2, 0) is 23.8 Å². The van der Waals surface area contributed by atoms with Crippen molar-refractivity contribution in [2.45, 2.75) is 37.5 Å². The molecular weight excluding hydrogens is 469 g/mol. The Morgan fingerprint density at radius 1 is 1.30 bits per heavy atom. The molecule has 0 saturated carbocycles. The van der Waals surface area contributed by atoms with E-state index in [2.05, 4.69) is 28.3 Å². The molecule has 1 aromatic carbocycles. The van der Waals surface area contributed by atoms with Crippen molar-refractivity contribution in [2.75, 3.05) is 11.1 Å². The van der Waals surface area contributed by atoms with Crippen molar-refractivity contribution in [2.24, 2.45) is 5.92 Å². The number of nitrogens with zero attached hydrogens (tertiary/aromatic N) is 3. The maximum Gasteiger partial charge on any atom is 0.433 e. The van der Waals surface area contributed by atoms with Crippen LogP contribution in [0.25, 0.3) is 11.3 Å². The highest BCUT2D eigenvalue weighted by Gasteiger charge is 2.34. The van der Waals surface area contributed by atoms with E-state index in [1.165, 1.54) is 11.3 Å².